The predicted molar refractivity (Wildman–Crippen MR) is 108 cm³/mol. The number of benzene rings is 1. The minimum atomic E-state index is -1.80. The third-order valence-corrected chi connectivity index (χ3v) is 9.47. The summed E-state index contributed by atoms with van der Waals surface area (Å²) in [5.41, 5.74) is 1.06. The molecule has 0 heterocycles. The molecule has 1 aromatic carbocycles. The van der Waals surface area contributed by atoms with Gasteiger partial charge >= 0.3 is 0 Å². The summed E-state index contributed by atoms with van der Waals surface area (Å²) in [6.07, 6.45) is -0.680. The van der Waals surface area contributed by atoms with E-state index in [0.29, 0.717) is 5.76 Å². The topological polar surface area (TPSA) is 27.7 Å². The molecule has 0 aliphatic heterocycles. The van der Waals surface area contributed by atoms with Gasteiger partial charge in [-0.2, -0.15) is 0 Å². The molecule has 0 aliphatic rings. The molecule has 2 atom stereocenters. The lowest BCUT2D eigenvalue weighted by Crippen LogP contribution is -2.39. The van der Waals surface area contributed by atoms with Crippen molar-refractivity contribution in [1.29, 1.82) is 0 Å². The monoisotopic (exact) mass is 364 g/mol. The summed E-state index contributed by atoms with van der Waals surface area (Å²) in [4.78, 5) is 0. The summed E-state index contributed by atoms with van der Waals surface area (Å²) in [6.45, 7) is 17.3. The van der Waals surface area contributed by atoms with E-state index in [4.69, 9.17) is 13.9 Å². The molecule has 1 rings (SSSR count). The van der Waals surface area contributed by atoms with Crippen molar-refractivity contribution in [2.75, 3.05) is 7.11 Å². The van der Waals surface area contributed by atoms with E-state index in [2.05, 4.69) is 60.3 Å². The summed E-state index contributed by atoms with van der Waals surface area (Å²) in [5, 5.41) is 0. The predicted octanol–water partition coefficient (Wildman–Crippen LogP) is 6.30. The first-order valence-corrected chi connectivity index (χ1v) is 11.9. The van der Waals surface area contributed by atoms with Crippen LogP contribution in [0.25, 0.3) is 0 Å². The molecule has 142 valence electrons. The Morgan fingerprint density at radius 3 is 1.96 bits per heavy atom. The first-order chi connectivity index (χ1) is 11.7. The molecule has 2 unspecified atom stereocenters. The highest BCUT2D eigenvalue weighted by molar-refractivity contribution is 6.73. The van der Waals surface area contributed by atoms with Crippen LogP contribution in [0.3, 0.4) is 0 Å². The lowest BCUT2D eigenvalue weighted by molar-refractivity contribution is -0.174. The number of hydrogen-bond donors (Lipinski definition) is 0. The van der Waals surface area contributed by atoms with Crippen molar-refractivity contribution in [1.82, 2.24) is 0 Å². The maximum absolute atomic E-state index is 6.38. The van der Waals surface area contributed by atoms with Gasteiger partial charge in [-0.05, 0) is 29.1 Å². The Morgan fingerprint density at radius 1 is 1.04 bits per heavy atom. The molecule has 0 saturated carbocycles. The Kier molecular flexibility index (Phi) is 8.38. The Hall–Kier alpha value is -1.10. The van der Waals surface area contributed by atoms with Gasteiger partial charge in [0.05, 0.1) is 6.10 Å². The highest BCUT2D eigenvalue weighted by Crippen LogP contribution is 2.38. The van der Waals surface area contributed by atoms with Crippen LogP contribution in [-0.2, 0) is 13.9 Å². The molecular weight excluding hydrogens is 328 g/mol. The average molecular weight is 365 g/mol. The van der Waals surface area contributed by atoms with Crippen molar-refractivity contribution >= 4 is 8.32 Å². The molecule has 0 bridgehead atoms. The quantitative estimate of drug-likeness (QED) is 0.277. The molecule has 0 radical (unpaired) electrons. The molecule has 0 fully saturated rings. The van der Waals surface area contributed by atoms with Gasteiger partial charge in [0.25, 0.3) is 0 Å². The van der Waals surface area contributed by atoms with E-state index in [1.807, 2.05) is 18.2 Å². The van der Waals surface area contributed by atoms with Gasteiger partial charge in [0.2, 0.25) is 14.6 Å². The second-order valence-corrected chi connectivity index (χ2v) is 12.4. The van der Waals surface area contributed by atoms with Crippen LogP contribution < -0.4 is 0 Å². The van der Waals surface area contributed by atoms with Gasteiger partial charge in [0.15, 0.2) is 0 Å². The van der Waals surface area contributed by atoms with Gasteiger partial charge in [0.1, 0.15) is 5.76 Å². The van der Waals surface area contributed by atoms with Crippen LogP contribution in [0.2, 0.25) is 18.1 Å². The molecular formula is C21H36O3Si. The van der Waals surface area contributed by atoms with E-state index in [1.165, 1.54) is 0 Å². The van der Waals surface area contributed by atoms with Crippen LogP contribution in [0.4, 0.5) is 0 Å². The van der Waals surface area contributed by atoms with Crippen LogP contribution in [0.1, 0.15) is 53.2 Å². The molecule has 3 nitrogen and oxygen atoms in total. The fraction of sp³-hybridized carbons (Fsp3) is 0.619. The normalized spacial score (nSPS) is 14.8. The van der Waals surface area contributed by atoms with Gasteiger partial charge in [-0.25, -0.2) is 0 Å². The van der Waals surface area contributed by atoms with Crippen LogP contribution in [0.15, 0.2) is 42.7 Å². The van der Waals surface area contributed by atoms with Gasteiger partial charge in [0, 0.05) is 7.11 Å². The van der Waals surface area contributed by atoms with E-state index in [-0.39, 0.29) is 11.5 Å². The second kappa shape index (κ2) is 9.55. The minimum Gasteiger partial charge on any atom is -0.543 e. The maximum Gasteiger partial charge on any atom is 0.250 e. The van der Waals surface area contributed by atoms with E-state index < -0.39 is 14.6 Å². The molecule has 0 aromatic heterocycles. The first kappa shape index (κ1) is 21.9. The molecule has 4 heteroatoms. The Balaban J connectivity index is 2.99. The van der Waals surface area contributed by atoms with Gasteiger partial charge in [-0.15, -0.1) is 0 Å². The van der Waals surface area contributed by atoms with E-state index >= 15 is 0 Å². The minimum absolute atomic E-state index is 0.0762. The standard InChI is InChI=1S/C21H36O3Si/c1-9-25(10-2,11-3)24-17(4)20(22-8)23-19(21(5,6)7)18-15-13-12-14-16-18/h12-16,19-20H,4,9-11H2,1-3,5-8H3. The summed E-state index contributed by atoms with van der Waals surface area (Å²) in [6, 6.07) is 13.5. The van der Waals surface area contributed by atoms with Crippen molar-refractivity contribution in [3.8, 4) is 0 Å². The highest BCUT2D eigenvalue weighted by Gasteiger charge is 2.35. The summed E-state index contributed by atoms with van der Waals surface area (Å²) in [7, 11) is -0.145. The molecule has 0 N–H and O–H groups in total. The van der Waals surface area contributed by atoms with Crippen LogP contribution in [0, 0.1) is 5.41 Å². The average Bonchev–Trinajstić information content (AvgIpc) is 2.60. The fourth-order valence-electron chi connectivity index (χ4n) is 3.09. The van der Waals surface area contributed by atoms with Crippen molar-refractivity contribution in [2.45, 2.75) is 72.1 Å². The van der Waals surface area contributed by atoms with Crippen LogP contribution in [-0.4, -0.2) is 21.7 Å². The Morgan fingerprint density at radius 2 is 1.56 bits per heavy atom. The molecule has 25 heavy (non-hydrogen) atoms. The van der Waals surface area contributed by atoms with Crippen molar-refractivity contribution in [3.05, 3.63) is 48.2 Å². The number of methoxy groups -OCH3 is 1. The van der Waals surface area contributed by atoms with E-state index in [1.54, 1.807) is 7.11 Å². The lowest BCUT2D eigenvalue weighted by atomic mass is 9.84. The Labute approximate surface area is 155 Å². The smallest absolute Gasteiger partial charge is 0.250 e. The van der Waals surface area contributed by atoms with Crippen LogP contribution in [0.5, 0.6) is 0 Å². The molecule has 0 aliphatic carbocycles. The van der Waals surface area contributed by atoms with Gasteiger partial charge in [-0.3, -0.25) is 0 Å². The largest absolute Gasteiger partial charge is 0.543 e. The third-order valence-electron chi connectivity index (χ3n) is 4.91. The number of hydrogen-bond acceptors (Lipinski definition) is 3. The highest BCUT2D eigenvalue weighted by atomic mass is 28.4. The maximum atomic E-state index is 6.38. The zero-order valence-electron chi connectivity index (χ0n) is 17.1. The first-order valence-electron chi connectivity index (χ1n) is 9.34. The third kappa shape index (κ3) is 5.98. The number of ether oxygens (including phenoxy) is 2. The van der Waals surface area contributed by atoms with Gasteiger partial charge in [-0.1, -0.05) is 78.5 Å². The molecule has 0 spiro atoms. The Bertz CT molecular complexity index is 509. The fourth-order valence-corrected chi connectivity index (χ4v) is 5.68. The number of rotatable bonds is 10. The summed E-state index contributed by atoms with van der Waals surface area (Å²) in [5.74, 6) is 0.602. The van der Waals surface area contributed by atoms with E-state index in [0.717, 1.165) is 23.7 Å². The van der Waals surface area contributed by atoms with Gasteiger partial charge < -0.3 is 13.9 Å². The SMILES string of the molecule is C=C(O[Si](CC)(CC)CC)C(OC)OC(c1ccccc1)C(C)(C)C. The molecule has 1 aromatic rings. The molecule has 0 amide bonds. The van der Waals surface area contributed by atoms with E-state index in [9.17, 15) is 0 Å². The van der Waals surface area contributed by atoms with Crippen molar-refractivity contribution < 1.29 is 13.9 Å². The zero-order chi connectivity index (χ0) is 19.1. The van der Waals surface area contributed by atoms with Crippen molar-refractivity contribution in [3.63, 3.8) is 0 Å². The zero-order valence-corrected chi connectivity index (χ0v) is 18.1. The summed E-state index contributed by atoms with van der Waals surface area (Å²) < 4.78 is 18.4. The molecule has 0 saturated heterocycles. The van der Waals surface area contributed by atoms with Crippen LogP contribution >= 0.6 is 0 Å². The summed E-state index contributed by atoms with van der Waals surface area (Å²) >= 11 is 0. The second-order valence-electron chi connectivity index (χ2n) is 7.67. The lowest BCUT2D eigenvalue weighted by Gasteiger charge is -2.37. The van der Waals surface area contributed by atoms with Crippen molar-refractivity contribution in [2.24, 2.45) is 5.41 Å².